The van der Waals surface area contributed by atoms with Crippen LogP contribution in [0, 0.1) is 5.92 Å². The van der Waals surface area contributed by atoms with Gasteiger partial charge in [0.05, 0.1) is 4.99 Å². The first-order chi connectivity index (χ1) is 9.79. The minimum Gasteiger partial charge on any atom is -0.480 e. The molecule has 0 heterocycles. The molecule has 0 aliphatic heterocycles. The Hall–Kier alpha value is -1.95. The highest BCUT2D eigenvalue weighted by Crippen LogP contribution is 2.09. The maximum atomic E-state index is 12.1. The van der Waals surface area contributed by atoms with Crippen molar-refractivity contribution in [3.8, 4) is 0 Å². The Morgan fingerprint density at radius 1 is 1.38 bits per heavy atom. The SMILES string of the molecule is CC(C)CC(NC(=O)c1cccc(CC(N)=S)c1)C(=O)O. The Morgan fingerprint density at radius 3 is 2.57 bits per heavy atom. The number of carbonyl (C=O) groups is 2. The Morgan fingerprint density at radius 2 is 2.05 bits per heavy atom. The molecule has 1 atom stereocenters. The third-order valence-electron chi connectivity index (χ3n) is 2.88. The van der Waals surface area contributed by atoms with Gasteiger partial charge in [0.2, 0.25) is 0 Å². The van der Waals surface area contributed by atoms with Crippen molar-refractivity contribution in [3.05, 3.63) is 35.4 Å². The fourth-order valence-electron chi connectivity index (χ4n) is 1.96. The summed E-state index contributed by atoms with van der Waals surface area (Å²) in [6.07, 6.45) is 0.790. The van der Waals surface area contributed by atoms with Crippen LogP contribution in [0.3, 0.4) is 0 Å². The molecule has 1 aromatic rings. The largest absolute Gasteiger partial charge is 0.480 e. The molecule has 0 fully saturated rings. The lowest BCUT2D eigenvalue weighted by molar-refractivity contribution is -0.139. The number of hydrogen-bond donors (Lipinski definition) is 3. The molecule has 0 aliphatic carbocycles. The third kappa shape index (κ3) is 5.91. The van der Waals surface area contributed by atoms with Crippen LogP contribution in [0.2, 0.25) is 0 Å². The second-order valence-electron chi connectivity index (χ2n) is 5.34. The number of thiocarbonyl (C=S) groups is 1. The zero-order chi connectivity index (χ0) is 16.0. The van der Waals surface area contributed by atoms with E-state index in [9.17, 15) is 9.59 Å². The summed E-state index contributed by atoms with van der Waals surface area (Å²) in [7, 11) is 0. The lowest BCUT2D eigenvalue weighted by Crippen LogP contribution is -2.41. The molecule has 0 aromatic heterocycles. The molecular formula is C15H20N2O3S. The van der Waals surface area contributed by atoms with Gasteiger partial charge in [0.25, 0.3) is 5.91 Å². The third-order valence-corrected chi connectivity index (χ3v) is 3.02. The fourth-order valence-corrected chi connectivity index (χ4v) is 2.12. The molecule has 1 rings (SSSR count). The molecular weight excluding hydrogens is 288 g/mol. The number of carboxylic acid groups (broad SMARTS) is 1. The van der Waals surface area contributed by atoms with Crippen LogP contribution < -0.4 is 11.1 Å². The molecule has 1 unspecified atom stereocenters. The number of carboxylic acids is 1. The smallest absolute Gasteiger partial charge is 0.326 e. The van der Waals surface area contributed by atoms with Crippen molar-refractivity contribution >= 4 is 29.1 Å². The zero-order valence-corrected chi connectivity index (χ0v) is 12.9. The number of benzene rings is 1. The van der Waals surface area contributed by atoms with Gasteiger partial charge in [-0.05, 0) is 30.0 Å². The second-order valence-corrected chi connectivity index (χ2v) is 5.86. The van der Waals surface area contributed by atoms with Crippen molar-refractivity contribution in [2.45, 2.75) is 32.7 Å². The maximum Gasteiger partial charge on any atom is 0.326 e. The average molecular weight is 308 g/mol. The van der Waals surface area contributed by atoms with Gasteiger partial charge in [0, 0.05) is 12.0 Å². The predicted octanol–water partition coefficient (Wildman–Crippen LogP) is 1.74. The van der Waals surface area contributed by atoms with Crippen LogP contribution in [0.4, 0.5) is 0 Å². The molecule has 114 valence electrons. The topological polar surface area (TPSA) is 92.4 Å². The Labute approximate surface area is 129 Å². The summed E-state index contributed by atoms with van der Waals surface area (Å²) in [4.78, 5) is 23.6. The number of carbonyl (C=O) groups excluding carboxylic acids is 1. The van der Waals surface area contributed by atoms with E-state index in [1.54, 1.807) is 18.2 Å². The first kappa shape index (κ1) is 17.1. The van der Waals surface area contributed by atoms with Crippen LogP contribution in [0.1, 0.15) is 36.2 Å². The number of rotatable bonds is 7. The van der Waals surface area contributed by atoms with E-state index < -0.39 is 17.9 Å². The summed E-state index contributed by atoms with van der Waals surface area (Å²) in [5.41, 5.74) is 6.71. The van der Waals surface area contributed by atoms with E-state index in [-0.39, 0.29) is 5.92 Å². The summed E-state index contributed by atoms with van der Waals surface area (Å²) in [6, 6.07) is 5.95. The van der Waals surface area contributed by atoms with Gasteiger partial charge in [-0.15, -0.1) is 0 Å². The molecule has 5 nitrogen and oxygen atoms in total. The van der Waals surface area contributed by atoms with Crippen molar-refractivity contribution in [1.82, 2.24) is 5.32 Å². The summed E-state index contributed by atoms with van der Waals surface area (Å²) >= 11 is 4.84. The van der Waals surface area contributed by atoms with Gasteiger partial charge in [0.1, 0.15) is 6.04 Å². The highest BCUT2D eigenvalue weighted by Gasteiger charge is 2.21. The van der Waals surface area contributed by atoms with Gasteiger partial charge in [-0.2, -0.15) is 0 Å². The number of hydrogen-bond acceptors (Lipinski definition) is 3. The van der Waals surface area contributed by atoms with E-state index in [4.69, 9.17) is 23.1 Å². The van der Waals surface area contributed by atoms with Crippen LogP contribution in [-0.4, -0.2) is 28.0 Å². The standard InChI is InChI=1S/C15H20N2O3S/c1-9(2)6-12(15(19)20)17-14(18)11-5-3-4-10(7-11)8-13(16)21/h3-5,7,9,12H,6,8H2,1-2H3,(H2,16,21)(H,17,18)(H,19,20). The number of amides is 1. The lowest BCUT2D eigenvalue weighted by Gasteiger charge is -2.16. The van der Waals surface area contributed by atoms with E-state index in [1.807, 2.05) is 19.9 Å². The molecule has 4 N–H and O–H groups in total. The minimum absolute atomic E-state index is 0.173. The maximum absolute atomic E-state index is 12.1. The van der Waals surface area contributed by atoms with Gasteiger partial charge in [-0.1, -0.05) is 38.2 Å². The second kappa shape index (κ2) is 7.73. The van der Waals surface area contributed by atoms with Crippen LogP contribution in [0.15, 0.2) is 24.3 Å². The molecule has 0 bridgehead atoms. The molecule has 6 heteroatoms. The van der Waals surface area contributed by atoms with Gasteiger partial charge in [-0.25, -0.2) is 4.79 Å². The predicted molar refractivity (Wildman–Crippen MR) is 85.3 cm³/mol. The minimum atomic E-state index is -1.03. The van der Waals surface area contributed by atoms with Crippen molar-refractivity contribution in [1.29, 1.82) is 0 Å². The Balaban J connectivity index is 2.82. The van der Waals surface area contributed by atoms with Crippen LogP contribution >= 0.6 is 12.2 Å². The van der Waals surface area contributed by atoms with E-state index in [0.29, 0.717) is 23.4 Å². The lowest BCUT2D eigenvalue weighted by atomic mass is 10.0. The van der Waals surface area contributed by atoms with Crippen molar-refractivity contribution < 1.29 is 14.7 Å². The quantitative estimate of drug-likeness (QED) is 0.667. The highest BCUT2D eigenvalue weighted by atomic mass is 32.1. The first-order valence-corrected chi connectivity index (χ1v) is 7.11. The molecule has 0 saturated carbocycles. The molecule has 21 heavy (non-hydrogen) atoms. The van der Waals surface area contributed by atoms with E-state index in [1.165, 1.54) is 0 Å². The van der Waals surface area contributed by atoms with Gasteiger partial charge >= 0.3 is 5.97 Å². The Kier molecular flexibility index (Phi) is 6.30. The molecule has 0 saturated heterocycles. The molecule has 1 amide bonds. The number of aliphatic carboxylic acids is 1. The number of nitrogens with two attached hydrogens (primary N) is 1. The average Bonchev–Trinajstić information content (AvgIpc) is 2.36. The van der Waals surface area contributed by atoms with Crippen molar-refractivity contribution in [3.63, 3.8) is 0 Å². The highest BCUT2D eigenvalue weighted by molar-refractivity contribution is 7.80. The normalized spacial score (nSPS) is 12.0. The molecule has 1 aromatic carbocycles. The van der Waals surface area contributed by atoms with E-state index in [0.717, 1.165) is 5.56 Å². The Bertz CT molecular complexity index is 543. The molecule has 0 spiro atoms. The summed E-state index contributed by atoms with van der Waals surface area (Å²) in [5.74, 6) is -1.27. The van der Waals surface area contributed by atoms with Crippen molar-refractivity contribution in [2.75, 3.05) is 0 Å². The zero-order valence-electron chi connectivity index (χ0n) is 12.1. The van der Waals surface area contributed by atoms with Gasteiger partial charge < -0.3 is 16.2 Å². The summed E-state index contributed by atoms with van der Waals surface area (Å²) < 4.78 is 0. The van der Waals surface area contributed by atoms with Crippen LogP contribution in [0.5, 0.6) is 0 Å². The van der Waals surface area contributed by atoms with Crippen molar-refractivity contribution in [2.24, 2.45) is 11.7 Å². The van der Waals surface area contributed by atoms with E-state index in [2.05, 4.69) is 5.32 Å². The summed E-state index contributed by atoms with van der Waals surface area (Å²) in [6.45, 7) is 3.82. The monoisotopic (exact) mass is 308 g/mol. The fraction of sp³-hybridized carbons (Fsp3) is 0.400. The first-order valence-electron chi connectivity index (χ1n) is 6.70. The van der Waals surface area contributed by atoms with Gasteiger partial charge in [0.15, 0.2) is 0 Å². The van der Waals surface area contributed by atoms with Crippen LogP contribution in [-0.2, 0) is 11.2 Å². The number of nitrogens with one attached hydrogen (secondary N) is 1. The van der Waals surface area contributed by atoms with E-state index >= 15 is 0 Å². The van der Waals surface area contributed by atoms with Gasteiger partial charge in [-0.3, -0.25) is 4.79 Å². The summed E-state index contributed by atoms with van der Waals surface area (Å²) in [5, 5.41) is 11.7. The molecule has 0 aliphatic rings. The van der Waals surface area contributed by atoms with Crippen LogP contribution in [0.25, 0.3) is 0 Å². The molecule has 0 radical (unpaired) electrons.